The van der Waals surface area contributed by atoms with Gasteiger partial charge in [0.15, 0.2) is 0 Å². The standard InChI is InChI=1S/C7H9BrNOP/c8-4-7(10-11)6-2-1-3-9-5-6/h1-3,5,7H,4,11H2. The molecule has 0 fully saturated rings. The van der Waals surface area contributed by atoms with Crippen LogP contribution in [-0.4, -0.2) is 10.3 Å². The first-order valence-corrected chi connectivity index (χ1v) is 4.79. The van der Waals surface area contributed by atoms with Crippen LogP contribution >= 0.6 is 25.4 Å². The molecule has 1 heterocycles. The summed E-state index contributed by atoms with van der Waals surface area (Å²) in [5.41, 5.74) is 1.08. The summed E-state index contributed by atoms with van der Waals surface area (Å²) < 4.78 is 5.12. The number of hydrogen-bond acceptors (Lipinski definition) is 2. The van der Waals surface area contributed by atoms with Crippen molar-refractivity contribution in [2.24, 2.45) is 0 Å². The van der Waals surface area contributed by atoms with Gasteiger partial charge in [0.05, 0.1) is 6.10 Å². The van der Waals surface area contributed by atoms with Crippen molar-refractivity contribution in [2.45, 2.75) is 6.10 Å². The highest BCUT2D eigenvalue weighted by Crippen LogP contribution is 2.20. The Labute approximate surface area is 76.8 Å². The van der Waals surface area contributed by atoms with Gasteiger partial charge in [0.2, 0.25) is 0 Å². The van der Waals surface area contributed by atoms with Crippen molar-refractivity contribution in [3.05, 3.63) is 30.1 Å². The zero-order valence-corrected chi connectivity index (χ0v) is 8.65. The van der Waals surface area contributed by atoms with Crippen LogP contribution in [0.15, 0.2) is 24.5 Å². The highest BCUT2D eigenvalue weighted by atomic mass is 79.9. The minimum atomic E-state index is 0.0775. The Bertz CT molecular complexity index is 203. The molecule has 0 bridgehead atoms. The van der Waals surface area contributed by atoms with E-state index in [1.54, 1.807) is 12.4 Å². The summed E-state index contributed by atoms with van der Waals surface area (Å²) >= 11 is 3.35. The summed E-state index contributed by atoms with van der Waals surface area (Å²) in [7, 11) is 2.25. The molecule has 0 amide bonds. The second kappa shape index (κ2) is 4.81. The van der Waals surface area contributed by atoms with E-state index in [-0.39, 0.29) is 6.10 Å². The van der Waals surface area contributed by atoms with E-state index in [2.05, 4.69) is 30.4 Å². The molecule has 0 aliphatic carbocycles. The molecular formula is C7H9BrNOP. The van der Waals surface area contributed by atoms with Crippen LogP contribution in [0.25, 0.3) is 0 Å². The molecule has 0 aliphatic rings. The van der Waals surface area contributed by atoms with Crippen LogP contribution in [0.3, 0.4) is 0 Å². The Hall–Kier alpha value is 0.0200. The van der Waals surface area contributed by atoms with Crippen molar-refractivity contribution in [2.75, 3.05) is 5.33 Å². The van der Waals surface area contributed by atoms with E-state index in [9.17, 15) is 0 Å². The van der Waals surface area contributed by atoms with Gasteiger partial charge in [-0.25, -0.2) is 0 Å². The normalized spacial score (nSPS) is 12.9. The molecule has 0 saturated heterocycles. The van der Waals surface area contributed by atoms with Crippen LogP contribution in [0.5, 0.6) is 0 Å². The van der Waals surface area contributed by atoms with Gasteiger partial charge in [-0.3, -0.25) is 4.98 Å². The second-order valence-corrected chi connectivity index (χ2v) is 2.99. The highest BCUT2D eigenvalue weighted by molar-refractivity contribution is 9.09. The van der Waals surface area contributed by atoms with Crippen molar-refractivity contribution in [3.63, 3.8) is 0 Å². The van der Waals surface area contributed by atoms with Crippen LogP contribution in [0.2, 0.25) is 0 Å². The minimum absolute atomic E-state index is 0.0775. The number of pyridine rings is 1. The average molecular weight is 234 g/mol. The molecule has 2 atom stereocenters. The fourth-order valence-corrected chi connectivity index (χ4v) is 1.83. The Morgan fingerprint density at radius 2 is 2.55 bits per heavy atom. The lowest BCUT2D eigenvalue weighted by Gasteiger charge is -2.10. The molecule has 0 saturated carbocycles. The molecule has 11 heavy (non-hydrogen) atoms. The maximum atomic E-state index is 5.12. The first kappa shape index (κ1) is 9.11. The lowest BCUT2D eigenvalue weighted by Crippen LogP contribution is -1.99. The summed E-state index contributed by atoms with van der Waals surface area (Å²) in [5.74, 6) is 0. The lowest BCUT2D eigenvalue weighted by atomic mass is 10.2. The van der Waals surface area contributed by atoms with Gasteiger partial charge in [-0.2, -0.15) is 0 Å². The SMILES string of the molecule is POC(CBr)c1cccnc1. The largest absolute Gasteiger partial charge is 0.357 e. The first-order chi connectivity index (χ1) is 5.38. The fraction of sp³-hybridized carbons (Fsp3) is 0.286. The van der Waals surface area contributed by atoms with E-state index < -0.39 is 0 Å². The highest BCUT2D eigenvalue weighted by Gasteiger charge is 2.06. The lowest BCUT2D eigenvalue weighted by molar-refractivity contribution is 0.277. The van der Waals surface area contributed by atoms with Crippen LogP contribution < -0.4 is 0 Å². The molecule has 1 aromatic rings. The quantitative estimate of drug-likeness (QED) is 0.591. The van der Waals surface area contributed by atoms with E-state index in [0.717, 1.165) is 10.9 Å². The van der Waals surface area contributed by atoms with E-state index in [1.165, 1.54) is 0 Å². The zero-order valence-electron chi connectivity index (χ0n) is 5.90. The molecule has 0 aliphatic heterocycles. The number of nitrogens with zero attached hydrogens (tertiary/aromatic N) is 1. The number of alkyl halides is 1. The van der Waals surface area contributed by atoms with Gasteiger partial charge in [-0.15, -0.1) is 0 Å². The number of rotatable bonds is 3. The summed E-state index contributed by atoms with van der Waals surface area (Å²) in [6, 6.07) is 3.89. The maximum absolute atomic E-state index is 5.12. The van der Waals surface area contributed by atoms with Gasteiger partial charge >= 0.3 is 0 Å². The molecule has 4 heteroatoms. The van der Waals surface area contributed by atoms with Crippen molar-refractivity contribution in [1.29, 1.82) is 0 Å². The van der Waals surface area contributed by atoms with E-state index in [0.29, 0.717) is 0 Å². The molecule has 0 N–H and O–H groups in total. The van der Waals surface area contributed by atoms with Crippen molar-refractivity contribution < 1.29 is 4.52 Å². The Morgan fingerprint density at radius 1 is 1.73 bits per heavy atom. The third kappa shape index (κ3) is 2.51. The predicted molar refractivity (Wildman–Crippen MR) is 51.6 cm³/mol. The summed E-state index contributed by atoms with van der Waals surface area (Å²) in [4.78, 5) is 3.99. The van der Waals surface area contributed by atoms with Crippen LogP contribution in [0.4, 0.5) is 0 Å². The minimum Gasteiger partial charge on any atom is -0.357 e. The third-order valence-electron chi connectivity index (χ3n) is 1.36. The van der Waals surface area contributed by atoms with Crippen LogP contribution in [-0.2, 0) is 4.52 Å². The molecule has 1 aromatic heterocycles. The molecule has 0 spiro atoms. The average Bonchev–Trinajstić information content (AvgIpc) is 2.09. The summed E-state index contributed by atoms with van der Waals surface area (Å²) in [5, 5.41) is 0.780. The van der Waals surface area contributed by atoms with Crippen molar-refractivity contribution >= 4 is 25.4 Å². The van der Waals surface area contributed by atoms with Gasteiger partial charge in [-0.1, -0.05) is 22.0 Å². The molecule has 2 nitrogen and oxygen atoms in total. The monoisotopic (exact) mass is 233 g/mol. The topological polar surface area (TPSA) is 22.1 Å². The summed E-state index contributed by atoms with van der Waals surface area (Å²) in [6.45, 7) is 0. The molecule has 2 unspecified atom stereocenters. The van der Waals surface area contributed by atoms with Gasteiger partial charge in [-0.05, 0) is 6.07 Å². The smallest absolute Gasteiger partial charge is 0.0972 e. The summed E-state index contributed by atoms with van der Waals surface area (Å²) in [6.07, 6.45) is 3.63. The second-order valence-electron chi connectivity index (χ2n) is 2.07. The van der Waals surface area contributed by atoms with Crippen molar-refractivity contribution in [1.82, 2.24) is 4.98 Å². The Balaban J connectivity index is 2.74. The van der Waals surface area contributed by atoms with E-state index in [4.69, 9.17) is 4.52 Å². The third-order valence-corrected chi connectivity index (χ3v) is 2.28. The van der Waals surface area contributed by atoms with E-state index >= 15 is 0 Å². The molecular weight excluding hydrogens is 225 g/mol. The molecule has 0 aromatic carbocycles. The predicted octanol–water partition coefficient (Wildman–Crippen LogP) is 2.32. The number of hydrogen-bond donors (Lipinski definition) is 0. The van der Waals surface area contributed by atoms with E-state index in [1.807, 2.05) is 12.1 Å². The number of aromatic nitrogens is 1. The Kier molecular flexibility index (Phi) is 3.98. The number of halogens is 1. The zero-order chi connectivity index (χ0) is 8.10. The van der Waals surface area contributed by atoms with Gasteiger partial charge in [0, 0.05) is 32.8 Å². The first-order valence-electron chi connectivity index (χ1n) is 3.20. The van der Waals surface area contributed by atoms with Gasteiger partial charge < -0.3 is 4.52 Å². The van der Waals surface area contributed by atoms with Gasteiger partial charge in [0.25, 0.3) is 0 Å². The van der Waals surface area contributed by atoms with Crippen molar-refractivity contribution in [3.8, 4) is 0 Å². The molecule has 0 radical (unpaired) electrons. The van der Waals surface area contributed by atoms with Gasteiger partial charge in [0.1, 0.15) is 0 Å². The maximum Gasteiger partial charge on any atom is 0.0972 e. The molecule has 60 valence electrons. The fourth-order valence-electron chi connectivity index (χ4n) is 0.770. The Morgan fingerprint density at radius 3 is 3.00 bits per heavy atom. The molecule has 1 rings (SSSR count). The van der Waals surface area contributed by atoms with Crippen LogP contribution in [0.1, 0.15) is 11.7 Å². The van der Waals surface area contributed by atoms with Crippen LogP contribution in [0, 0.1) is 0 Å².